The number of carbonyl (C=O) groups excluding carboxylic acids is 1. The van der Waals surface area contributed by atoms with Gasteiger partial charge in [-0.25, -0.2) is 0 Å². The standard InChI is InChI=1S/C12H15N5O2S/c18-10-4-2-1-3-8(10)14-12(19)11-9(5-6-20-11)17-7-13-15-16-17/h5-8,10,18H,1-4H2,(H,14,19)/t8-,10-/m1/s1. The molecule has 1 aliphatic rings. The van der Waals surface area contributed by atoms with Crippen molar-refractivity contribution in [2.75, 3.05) is 0 Å². The van der Waals surface area contributed by atoms with Gasteiger partial charge in [0.15, 0.2) is 0 Å². The molecule has 0 unspecified atom stereocenters. The largest absolute Gasteiger partial charge is 0.391 e. The van der Waals surface area contributed by atoms with Crippen LogP contribution in [0.1, 0.15) is 35.4 Å². The summed E-state index contributed by atoms with van der Waals surface area (Å²) >= 11 is 1.34. The van der Waals surface area contributed by atoms with Gasteiger partial charge in [0.2, 0.25) is 0 Å². The van der Waals surface area contributed by atoms with E-state index in [0.717, 1.165) is 25.7 Å². The highest BCUT2D eigenvalue weighted by Crippen LogP contribution is 2.22. The summed E-state index contributed by atoms with van der Waals surface area (Å²) < 4.78 is 1.46. The molecule has 8 heteroatoms. The third-order valence-electron chi connectivity index (χ3n) is 3.49. The molecule has 0 saturated heterocycles. The second-order valence-corrected chi connectivity index (χ2v) is 5.74. The van der Waals surface area contributed by atoms with Gasteiger partial charge >= 0.3 is 0 Å². The molecule has 1 saturated carbocycles. The van der Waals surface area contributed by atoms with Gasteiger partial charge in [0.25, 0.3) is 5.91 Å². The molecule has 0 spiro atoms. The molecule has 0 bridgehead atoms. The van der Waals surface area contributed by atoms with Crippen molar-refractivity contribution in [3.8, 4) is 5.69 Å². The highest BCUT2D eigenvalue weighted by atomic mass is 32.1. The van der Waals surface area contributed by atoms with Crippen molar-refractivity contribution in [3.63, 3.8) is 0 Å². The summed E-state index contributed by atoms with van der Waals surface area (Å²) in [6.45, 7) is 0. The number of aliphatic hydroxyl groups is 1. The molecule has 2 heterocycles. The minimum Gasteiger partial charge on any atom is -0.391 e. The van der Waals surface area contributed by atoms with Crippen LogP contribution in [-0.4, -0.2) is 43.4 Å². The van der Waals surface area contributed by atoms with E-state index in [1.54, 1.807) is 6.07 Å². The van der Waals surface area contributed by atoms with Crippen LogP contribution >= 0.6 is 11.3 Å². The first kappa shape index (κ1) is 13.2. The van der Waals surface area contributed by atoms with Crippen molar-refractivity contribution in [2.24, 2.45) is 0 Å². The van der Waals surface area contributed by atoms with Crippen LogP contribution < -0.4 is 5.32 Å². The highest BCUT2D eigenvalue weighted by Gasteiger charge is 2.26. The molecule has 1 aliphatic carbocycles. The quantitative estimate of drug-likeness (QED) is 0.871. The lowest BCUT2D eigenvalue weighted by molar-refractivity contribution is 0.0720. The second kappa shape index (κ2) is 5.68. The fourth-order valence-corrected chi connectivity index (χ4v) is 3.22. The lowest BCUT2D eigenvalue weighted by atomic mass is 9.92. The summed E-state index contributed by atoms with van der Waals surface area (Å²) in [7, 11) is 0. The summed E-state index contributed by atoms with van der Waals surface area (Å²) in [5, 5.41) is 25.6. The van der Waals surface area contributed by atoms with E-state index in [4.69, 9.17) is 0 Å². The lowest BCUT2D eigenvalue weighted by Gasteiger charge is -2.28. The zero-order chi connectivity index (χ0) is 13.9. The Morgan fingerprint density at radius 2 is 2.30 bits per heavy atom. The van der Waals surface area contributed by atoms with Crippen LogP contribution in [0.5, 0.6) is 0 Å². The van der Waals surface area contributed by atoms with Gasteiger partial charge in [-0.2, -0.15) is 4.68 Å². The van der Waals surface area contributed by atoms with Gasteiger partial charge in [-0.15, -0.1) is 16.4 Å². The maximum Gasteiger partial charge on any atom is 0.263 e. The van der Waals surface area contributed by atoms with Gasteiger partial charge in [0.1, 0.15) is 11.2 Å². The predicted octanol–water partition coefficient (Wildman–Crippen LogP) is 0.757. The zero-order valence-corrected chi connectivity index (χ0v) is 11.6. The van der Waals surface area contributed by atoms with Gasteiger partial charge in [-0.1, -0.05) is 12.8 Å². The van der Waals surface area contributed by atoms with E-state index >= 15 is 0 Å². The van der Waals surface area contributed by atoms with Crippen molar-refractivity contribution in [1.82, 2.24) is 25.5 Å². The predicted molar refractivity (Wildman–Crippen MR) is 72.8 cm³/mol. The fourth-order valence-electron chi connectivity index (χ4n) is 2.44. The van der Waals surface area contributed by atoms with E-state index < -0.39 is 6.10 Å². The topological polar surface area (TPSA) is 92.9 Å². The van der Waals surface area contributed by atoms with Crippen molar-refractivity contribution < 1.29 is 9.90 Å². The number of hydrogen-bond acceptors (Lipinski definition) is 6. The minimum atomic E-state index is -0.454. The Bertz CT molecular complexity index is 582. The number of amides is 1. The van der Waals surface area contributed by atoms with Crippen LogP contribution in [0.4, 0.5) is 0 Å². The Kier molecular flexibility index (Phi) is 3.75. The molecule has 2 atom stereocenters. The van der Waals surface area contributed by atoms with Gasteiger partial charge in [-0.05, 0) is 34.7 Å². The number of rotatable bonds is 3. The molecule has 0 aliphatic heterocycles. The maximum absolute atomic E-state index is 12.3. The van der Waals surface area contributed by atoms with Crippen LogP contribution in [0.2, 0.25) is 0 Å². The van der Waals surface area contributed by atoms with Crippen LogP contribution in [0.25, 0.3) is 5.69 Å². The Balaban J connectivity index is 1.76. The molecule has 2 aromatic rings. The van der Waals surface area contributed by atoms with Crippen molar-refractivity contribution in [1.29, 1.82) is 0 Å². The first-order valence-corrected chi connectivity index (χ1v) is 7.43. The number of aromatic nitrogens is 4. The first-order chi connectivity index (χ1) is 9.75. The Morgan fingerprint density at radius 3 is 3.05 bits per heavy atom. The summed E-state index contributed by atoms with van der Waals surface area (Å²) in [5.74, 6) is -0.184. The molecule has 106 valence electrons. The Labute approximate surface area is 119 Å². The molecule has 0 aromatic carbocycles. The Hall–Kier alpha value is -1.80. The third-order valence-corrected chi connectivity index (χ3v) is 4.39. The first-order valence-electron chi connectivity index (χ1n) is 6.55. The number of thiophene rings is 1. The van der Waals surface area contributed by atoms with Gasteiger partial charge in [0, 0.05) is 0 Å². The van der Waals surface area contributed by atoms with Crippen molar-refractivity contribution in [2.45, 2.75) is 37.8 Å². The van der Waals surface area contributed by atoms with Crippen LogP contribution in [0.3, 0.4) is 0 Å². The molecule has 20 heavy (non-hydrogen) atoms. The average Bonchev–Trinajstić information content (AvgIpc) is 3.11. The minimum absolute atomic E-state index is 0.167. The molecule has 1 amide bonds. The molecule has 2 aromatic heterocycles. The van der Waals surface area contributed by atoms with E-state index in [-0.39, 0.29) is 11.9 Å². The van der Waals surface area contributed by atoms with E-state index in [1.165, 1.54) is 22.3 Å². The number of nitrogens with one attached hydrogen (secondary N) is 1. The van der Waals surface area contributed by atoms with E-state index in [9.17, 15) is 9.90 Å². The summed E-state index contributed by atoms with van der Waals surface area (Å²) in [6.07, 6.45) is 4.61. The summed E-state index contributed by atoms with van der Waals surface area (Å²) in [6, 6.07) is 1.63. The molecule has 3 rings (SSSR count). The molecule has 1 fully saturated rings. The van der Waals surface area contributed by atoms with Crippen molar-refractivity contribution in [3.05, 3.63) is 22.7 Å². The number of aliphatic hydroxyl groups excluding tert-OH is 1. The lowest BCUT2D eigenvalue weighted by Crippen LogP contribution is -2.45. The number of nitrogens with zero attached hydrogens (tertiary/aromatic N) is 4. The molecular weight excluding hydrogens is 278 g/mol. The number of tetrazole rings is 1. The average molecular weight is 293 g/mol. The molecule has 7 nitrogen and oxygen atoms in total. The monoisotopic (exact) mass is 293 g/mol. The van der Waals surface area contributed by atoms with Gasteiger partial charge < -0.3 is 10.4 Å². The smallest absolute Gasteiger partial charge is 0.263 e. The van der Waals surface area contributed by atoms with Crippen molar-refractivity contribution >= 4 is 17.2 Å². The van der Waals surface area contributed by atoms with Crippen LogP contribution in [0.15, 0.2) is 17.8 Å². The van der Waals surface area contributed by atoms with Gasteiger partial charge in [-0.3, -0.25) is 4.79 Å². The van der Waals surface area contributed by atoms with E-state index in [2.05, 4.69) is 20.8 Å². The number of hydrogen-bond donors (Lipinski definition) is 2. The summed E-state index contributed by atoms with van der Waals surface area (Å²) in [4.78, 5) is 12.9. The SMILES string of the molecule is O=C(N[C@@H]1CCCC[C@H]1O)c1sccc1-n1cnnn1. The van der Waals surface area contributed by atoms with E-state index in [0.29, 0.717) is 10.6 Å². The number of carbonyl (C=O) groups is 1. The molecule has 2 N–H and O–H groups in total. The maximum atomic E-state index is 12.3. The second-order valence-electron chi connectivity index (χ2n) is 4.82. The molecular formula is C12H15N5O2S. The van der Waals surface area contributed by atoms with E-state index in [1.807, 2.05) is 5.38 Å². The normalized spacial score (nSPS) is 22.6. The van der Waals surface area contributed by atoms with Crippen LogP contribution in [0, 0.1) is 0 Å². The fraction of sp³-hybridized carbons (Fsp3) is 0.500. The van der Waals surface area contributed by atoms with Gasteiger partial charge in [0.05, 0.1) is 17.8 Å². The summed E-state index contributed by atoms with van der Waals surface area (Å²) in [5.41, 5.74) is 0.655. The highest BCUT2D eigenvalue weighted by molar-refractivity contribution is 7.12. The third kappa shape index (κ3) is 2.56. The van der Waals surface area contributed by atoms with Crippen LogP contribution in [-0.2, 0) is 0 Å². The Morgan fingerprint density at radius 1 is 1.45 bits per heavy atom. The zero-order valence-electron chi connectivity index (χ0n) is 10.8. The molecule has 0 radical (unpaired) electrons.